The highest BCUT2D eigenvalue weighted by molar-refractivity contribution is 5.95. The molecular weight excluding hydrogens is 314 g/mol. The maximum Gasteiger partial charge on any atom is 0.321 e. The Bertz CT molecular complexity index is 662. The Kier molecular flexibility index (Phi) is 6.92. The summed E-state index contributed by atoms with van der Waals surface area (Å²) in [4.78, 5) is 25.7. The van der Waals surface area contributed by atoms with Crippen LogP contribution in [0.1, 0.15) is 17.2 Å². The summed E-state index contributed by atoms with van der Waals surface area (Å²) in [6, 6.07) is 19.3. The molecule has 5 heteroatoms. The number of amides is 3. The van der Waals surface area contributed by atoms with E-state index in [0.29, 0.717) is 6.54 Å². The Morgan fingerprint density at radius 2 is 1.56 bits per heavy atom. The lowest BCUT2D eigenvalue weighted by atomic mass is 9.97. The highest BCUT2D eigenvalue weighted by Gasteiger charge is 2.21. The number of carbonyl (C=O) groups excluding carboxylic acids is 2. The Morgan fingerprint density at radius 1 is 1.04 bits per heavy atom. The van der Waals surface area contributed by atoms with Crippen molar-refractivity contribution in [1.29, 1.82) is 0 Å². The molecule has 2 N–H and O–H groups in total. The second kappa shape index (κ2) is 9.39. The van der Waals surface area contributed by atoms with Crippen LogP contribution in [0.25, 0.3) is 0 Å². The van der Waals surface area contributed by atoms with Crippen molar-refractivity contribution in [3.63, 3.8) is 0 Å². The minimum absolute atomic E-state index is 0.0793. The van der Waals surface area contributed by atoms with Crippen LogP contribution in [0, 0.1) is 0 Å². The maximum atomic E-state index is 12.2. The average molecular weight is 337 g/mol. The third kappa shape index (κ3) is 5.58. The van der Waals surface area contributed by atoms with Crippen molar-refractivity contribution in [3.05, 3.63) is 84.4 Å². The fourth-order valence-corrected chi connectivity index (χ4v) is 2.67. The van der Waals surface area contributed by atoms with E-state index in [1.54, 1.807) is 6.08 Å². The van der Waals surface area contributed by atoms with Crippen molar-refractivity contribution in [2.24, 2.45) is 0 Å². The molecule has 130 valence electrons. The molecule has 25 heavy (non-hydrogen) atoms. The fourth-order valence-electron chi connectivity index (χ4n) is 2.67. The van der Waals surface area contributed by atoms with E-state index in [2.05, 4.69) is 17.2 Å². The molecule has 0 heterocycles. The van der Waals surface area contributed by atoms with Gasteiger partial charge in [0.2, 0.25) is 5.91 Å². The Hall–Kier alpha value is -2.92. The van der Waals surface area contributed by atoms with Gasteiger partial charge in [-0.1, -0.05) is 66.7 Å². The maximum absolute atomic E-state index is 12.2. The van der Waals surface area contributed by atoms with E-state index in [4.69, 9.17) is 0 Å². The van der Waals surface area contributed by atoms with Gasteiger partial charge in [0.25, 0.3) is 0 Å². The van der Waals surface area contributed by atoms with Gasteiger partial charge < -0.3 is 5.32 Å². The first-order valence-corrected chi connectivity index (χ1v) is 8.10. The lowest BCUT2D eigenvalue weighted by Gasteiger charge is -2.28. The smallest absolute Gasteiger partial charge is 0.321 e. The predicted molar refractivity (Wildman–Crippen MR) is 99.1 cm³/mol. The van der Waals surface area contributed by atoms with Crippen molar-refractivity contribution < 1.29 is 9.59 Å². The first-order valence-electron chi connectivity index (χ1n) is 8.10. The number of nitrogens with zero attached hydrogens (tertiary/aromatic N) is 1. The number of hydrogen-bond acceptors (Lipinski definition) is 3. The average Bonchev–Trinajstić information content (AvgIpc) is 2.62. The topological polar surface area (TPSA) is 61.4 Å². The third-order valence-corrected chi connectivity index (χ3v) is 3.72. The molecule has 0 aromatic heterocycles. The number of hydrogen-bond donors (Lipinski definition) is 2. The Morgan fingerprint density at radius 3 is 2.04 bits per heavy atom. The van der Waals surface area contributed by atoms with Gasteiger partial charge in [-0.2, -0.15) is 0 Å². The molecule has 0 saturated carbocycles. The van der Waals surface area contributed by atoms with E-state index in [9.17, 15) is 9.59 Å². The van der Waals surface area contributed by atoms with Crippen LogP contribution in [0.3, 0.4) is 0 Å². The van der Waals surface area contributed by atoms with Crippen molar-refractivity contribution >= 4 is 11.9 Å². The molecular formula is C20H23N3O2. The number of rotatable bonds is 7. The standard InChI is InChI=1S/C20H23N3O2/c1-3-14-21-20(25)22-18(24)15-23(2)19(16-10-6-4-7-11-16)17-12-8-5-9-13-17/h3-13,19H,1,14-15H2,2H3,(H2,21,22,24,25). The normalized spacial score (nSPS) is 10.5. The van der Waals surface area contributed by atoms with Gasteiger partial charge in [0.05, 0.1) is 12.6 Å². The summed E-state index contributed by atoms with van der Waals surface area (Å²) in [5.41, 5.74) is 2.17. The number of carbonyl (C=O) groups is 2. The molecule has 0 spiro atoms. The lowest BCUT2D eigenvalue weighted by molar-refractivity contribution is -0.121. The first kappa shape index (κ1) is 18.4. The van der Waals surface area contributed by atoms with Gasteiger partial charge in [0.1, 0.15) is 0 Å². The van der Waals surface area contributed by atoms with Gasteiger partial charge in [0.15, 0.2) is 0 Å². The molecule has 0 aliphatic rings. The molecule has 0 bridgehead atoms. The SMILES string of the molecule is C=CCNC(=O)NC(=O)CN(C)C(c1ccccc1)c1ccccc1. The van der Waals surface area contributed by atoms with Crippen molar-refractivity contribution in [1.82, 2.24) is 15.5 Å². The largest absolute Gasteiger partial charge is 0.334 e. The van der Waals surface area contributed by atoms with Crippen LogP contribution in [-0.2, 0) is 4.79 Å². The molecule has 0 atom stereocenters. The third-order valence-electron chi connectivity index (χ3n) is 3.72. The molecule has 3 amide bonds. The van der Waals surface area contributed by atoms with Crippen LogP contribution in [0.15, 0.2) is 73.3 Å². The molecule has 2 aromatic rings. The number of likely N-dealkylation sites (N-methyl/N-ethyl adjacent to an activating group) is 1. The van der Waals surface area contributed by atoms with Crippen LogP contribution in [0.5, 0.6) is 0 Å². The summed E-state index contributed by atoms with van der Waals surface area (Å²) >= 11 is 0. The van der Waals surface area contributed by atoms with E-state index in [-0.39, 0.29) is 18.5 Å². The van der Waals surface area contributed by atoms with Crippen LogP contribution < -0.4 is 10.6 Å². The summed E-state index contributed by atoms with van der Waals surface area (Å²) < 4.78 is 0. The summed E-state index contributed by atoms with van der Waals surface area (Å²) in [5, 5.41) is 4.85. The van der Waals surface area contributed by atoms with Crippen LogP contribution in [0.4, 0.5) is 4.79 Å². The predicted octanol–water partition coefficient (Wildman–Crippen LogP) is 2.72. The first-order chi connectivity index (χ1) is 12.1. The van der Waals surface area contributed by atoms with Crippen molar-refractivity contribution in [2.75, 3.05) is 20.1 Å². The van der Waals surface area contributed by atoms with Gasteiger partial charge >= 0.3 is 6.03 Å². The molecule has 0 unspecified atom stereocenters. The quantitative estimate of drug-likeness (QED) is 0.764. The van der Waals surface area contributed by atoms with E-state index in [1.807, 2.05) is 72.6 Å². The zero-order valence-corrected chi connectivity index (χ0v) is 14.3. The summed E-state index contributed by atoms with van der Waals surface area (Å²) in [7, 11) is 1.87. The molecule has 0 saturated heterocycles. The van der Waals surface area contributed by atoms with Crippen LogP contribution in [0.2, 0.25) is 0 Å². The van der Waals surface area contributed by atoms with Crippen molar-refractivity contribution in [3.8, 4) is 0 Å². The van der Waals surface area contributed by atoms with Crippen LogP contribution in [-0.4, -0.2) is 37.0 Å². The van der Waals surface area contributed by atoms with E-state index in [1.165, 1.54) is 0 Å². The molecule has 0 aliphatic heterocycles. The molecule has 2 aromatic carbocycles. The van der Waals surface area contributed by atoms with Gasteiger partial charge in [-0.05, 0) is 18.2 Å². The highest BCUT2D eigenvalue weighted by atomic mass is 16.2. The van der Waals surface area contributed by atoms with E-state index >= 15 is 0 Å². The highest BCUT2D eigenvalue weighted by Crippen LogP contribution is 2.27. The molecule has 0 aliphatic carbocycles. The monoisotopic (exact) mass is 337 g/mol. The second-order valence-electron chi connectivity index (χ2n) is 5.69. The lowest BCUT2D eigenvalue weighted by Crippen LogP contribution is -2.44. The molecule has 0 radical (unpaired) electrons. The van der Waals surface area contributed by atoms with Crippen molar-refractivity contribution in [2.45, 2.75) is 6.04 Å². The zero-order chi connectivity index (χ0) is 18.1. The van der Waals surface area contributed by atoms with Gasteiger partial charge in [0, 0.05) is 6.54 Å². The minimum atomic E-state index is -0.519. The Balaban J connectivity index is 2.11. The number of imide groups is 1. The fraction of sp³-hybridized carbons (Fsp3) is 0.200. The molecule has 5 nitrogen and oxygen atoms in total. The Labute approximate surface area is 148 Å². The van der Waals surface area contributed by atoms with Crippen LogP contribution >= 0.6 is 0 Å². The van der Waals surface area contributed by atoms with Gasteiger partial charge in [-0.15, -0.1) is 6.58 Å². The van der Waals surface area contributed by atoms with E-state index in [0.717, 1.165) is 11.1 Å². The molecule has 0 fully saturated rings. The summed E-state index contributed by atoms with van der Waals surface area (Å²) in [6.07, 6.45) is 1.55. The second-order valence-corrected chi connectivity index (χ2v) is 5.69. The van der Waals surface area contributed by atoms with Gasteiger partial charge in [-0.3, -0.25) is 15.0 Å². The van der Waals surface area contributed by atoms with E-state index < -0.39 is 6.03 Å². The van der Waals surface area contributed by atoms with Gasteiger partial charge in [-0.25, -0.2) is 4.79 Å². The number of urea groups is 1. The summed E-state index contributed by atoms with van der Waals surface area (Å²) in [5.74, 6) is -0.360. The zero-order valence-electron chi connectivity index (χ0n) is 14.3. The number of benzene rings is 2. The number of nitrogens with one attached hydrogen (secondary N) is 2. The molecule has 2 rings (SSSR count). The minimum Gasteiger partial charge on any atom is -0.334 e. The summed E-state index contributed by atoms with van der Waals surface area (Å²) in [6.45, 7) is 3.92.